The van der Waals surface area contributed by atoms with Gasteiger partial charge >= 0.3 is 0 Å². The van der Waals surface area contributed by atoms with Crippen LogP contribution in [0, 0.1) is 24.4 Å². The molecule has 3 N–H and O–H groups in total. The summed E-state index contributed by atoms with van der Waals surface area (Å²) < 4.78 is 81.7. The summed E-state index contributed by atoms with van der Waals surface area (Å²) in [6.45, 7) is 4.47. The summed E-state index contributed by atoms with van der Waals surface area (Å²) in [4.78, 5) is 22.6. The van der Waals surface area contributed by atoms with Crippen molar-refractivity contribution in [3.8, 4) is 17.3 Å². The van der Waals surface area contributed by atoms with Crippen LogP contribution in [0.2, 0.25) is 0 Å². The number of nitrogens with two attached hydrogens (primary N) is 1. The average molecular weight is 670 g/mol. The Labute approximate surface area is 267 Å². The first-order valence-electron chi connectivity index (χ1n) is 14.5. The van der Waals surface area contributed by atoms with E-state index in [2.05, 4.69) is 15.1 Å². The molecule has 47 heavy (non-hydrogen) atoms. The molecular weight excluding hydrogens is 639 g/mol. The maximum Gasteiger partial charge on any atom is 0.232 e. The van der Waals surface area contributed by atoms with E-state index in [-0.39, 0.29) is 35.2 Å². The van der Waals surface area contributed by atoms with Crippen molar-refractivity contribution in [3.63, 3.8) is 0 Å². The van der Waals surface area contributed by atoms with Crippen molar-refractivity contribution in [1.82, 2.24) is 24.6 Å². The van der Waals surface area contributed by atoms with E-state index in [1.165, 1.54) is 47.4 Å². The number of H-pyrrole nitrogens is 1. The van der Waals surface area contributed by atoms with Gasteiger partial charge in [0, 0.05) is 43.1 Å². The highest BCUT2D eigenvalue weighted by Crippen LogP contribution is 2.31. The van der Waals surface area contributed by atoms with Crippen LogP contribution in [0.15, 0.2) is 54.9 Å². The van der Waals surface area contributed by atoms with Crippen LogP contribution in [0.5, 0.6) is 11.6 Å². The van der Waals surface area contributed by atoms with E-state index in [4.69, 9.17) is 15.2 Å². The monoisotopic (exact) mass is 669 g/mol. The number of aromatic nitrogens is 4. The summed E-state index contributed by atoms with van der Waals surface area (Å²) in [6, 6.07) is 8.75. The van der Waals surface area contributed by atoms with Crippen molar-refractivity contribution >= 4 is 38.2 Å². The zero-order valence-corrected chi connectivity index (χ0v) is 26.2. The molecule has 0 bridgehead atoms. The SMILES string of the molecule is Cc1cc(Oc2c(F)cccc2F)ncc1-n1ncc(C(=O)c2cc3cc(F)c(N(CCN4CCOCC4)S(C)(=O)=O)cc3[nH]2)c1N. The Balaban J connectivity index is 1.25. The van der Waals surface area contributed by atoms with Gasteiger partial charge in [0.2, 0.25) is 27.4 Å². The number of fused-ring (bicyclic) bond motifs is 1. The van der Waals surface area contributed by atoms with E-state index in [9.17, 15) is 22.0 Å². The maximum atomic E-state index is 15.4. The number of para-hydroxylation sites is 1. The molecule has 12 nitrogen and oxygen atoms in total. The summed E-state index contributed by atoms with van der Waals surface area (Å²) in [6.07, 6.45) is 3.62. The Morgan fingerprint density at radius 2 is 1.81 bits per heavy atom. The fourth-order valence-corrected chi connectivity index (χ4v) is 6.24. The number of aryl methyl sites for hydroxylation is 1. The summed E-state index contributed by atoms with van der Waals surface area (Å²) in [5, 5.41) is 4.59. The smallest absolute Gasteiger partial charge is 0.232 e. The molecule has 0 unspecified atom stereocenters. The van der Waals surface area contributed by atoms with Crippen molar-refractivity contribution in [2.75, 3.05) is 55.7 Å². The molecule has 16 heteroatoms. The molecule has 6 rings (SSSR count). The molecular formula is C31H30F3N7O5S. The zero-order chi connectivity index (χ0) is 33.5. The number of benzene rings is 2. The molecule has 0 spiro atoms. The van der Waals surface area contributed by atoms with Crippen molar-refractivity contribution in [1.29, 1.82) is 0 Å². The largest absolute Gasteiger partial charge is 0.433 e. The molecule has 0 radical (unpaired) electrons. The topological polar surface area (TPSA) is 149 Å². The lowest BCUT2D eigenvalue weighted by atomic mass is 10.1. The van der Waals surface area contributed by atoms with E-state index in [0.29, 0.717) is 55.0 Å². The number of nitrogen functional groups attached to an aromatic ring is 1. The normalized spacial score (nSPS) is 14.1. The third-order valence-electron chi connectivity index (χ3n) is 7.79. The number of aromatic amines is 1. The first-order chi connectivity index (χ1) is 22.4. The second-order valence-corrected chi connectivity index (χ2v) is 12.9. The lowest BCUT2D eigenvalue weighted by Gasteiger charge is -2.30. The van der Waals surface area contributed by atoms with Crippen molar-refractivity contribution in [2.45, 2.75) is 6.92 Å². The Morgan fingerprint density at radius 1 is 1.09 bits per heavy atom. The molecule has 0 amide bonds. The minimum absolute atomic E-state index is 0.0226. The van der Waals surface area contributed by atoms with Crippen LogP contribution >= 0.6 is 0 Å². The minimum atomic E-state index is -3.84. The van der Waals surface area contributed by atoms with Gasteiger partial charge in [-0.2, -0.15) is 5.10 Å². The number of pyridine rings is 1. The van der Waals surface area contributed by atoms with E-state index in [1.54, 1.807) is 6.92 Å². The maximum absolute atomic E-state index is 15.4. The third-order valence-corrected chi connectivity index (χ3v) is 8.97. The molecule has 0 atom stereocenters. The van der Waals surface area contributed by atoms with Crippen LogP contribution in [-0.4, -0.2) is 84.5 Å². The predicted octanol–water partition coefficient (Wildman–Crippen LogP) is 4.18. The van der Waals surface area contributed by atoms with Gasteiger partial charge in [0.1, 0.15) is 11.6 Å². The summed E-state index contributed by atoms with van der Waals surface area (Å²) >= 11 is 0. The van der Waals surface area contributed by atoms with Gasteiger partial charge in [-0.25, -0.2) is 31.3 Å². The lowest BCUT2D eigenvalue weighted by Crippen LogP contribution is -2.43. The molecule has 5 aromatic rings. The number of nitrogens with one attached hydrogen (secondary N) is 1. The molecule has 3 aromatic heterocycles. The first-order valence-corrected chi connectivity index (χ1v) is 16.3. The van der Waals surface area contributed by atoms with Gasteiger partial charge in [0.25, 0.3) is 0 Å². The van der Waals surface area contributed by atoms with Crippen LogP contribution in [-0.2, 0) is 14.8 Å². The van der Waals surface area contributed by atoms with Crippen molar-refractivity contribution < 1.29 is 35.9 Å². The summed E-state index contributed by atoms with van der Waals surface area (Å²) in [7, 11) is -3.84. The number of hydrogen-bond donors (Lipinski definition) is 2. The molecule has 1 aliphatic heterocycles. The molecule has 4 heterocycles. The number of morpholine rings is 1. The van der Waals surface area contributed by atoms with E-state index in [0.717, 1.165) is 22.7 Å². The zero-order valence-electron chi connectivity index (χ0n) is 25.3. The van der Waals surface area contributed by atoms with E-state index in [1.807, 2.05) is 4.90 Å². The van der Waals surface area contributed by atoms with Crippen LogP contribution in [0.1, 0.15) is 21.6 Å². The highest BCUT2D eigenvalue weighted by atomic mass is 32.2. The van der Waals surface area contributed by atoms with E-state index < -0.39 is 39.0 Å². The Hall–Kier alpha value is -4.93. The molecule has 1 aliphatic rings. The van der Waals surface area contributed by atoms with Crippen LogP contribution in [0.3, 0.4) is 0 Å². The van der Waals surface area contributed by atoms with E-state index >= 15 is 4.39 Å². The van der Waals surface area contributed by atoms with Crippen molar-refractivity contribution in [3.05, 3.63) is 89.1 Å². The second kappa shape index (κ2) is 12.7. The number of sulfonamides is 1. The average Bonchev–Trinajstić information content (AvgIpc) is 3.62. The quantitative estimate of drug-likeness (QED) is 0.209. The summed E-state index contributed by atoms with van der Waals surface area (Å²) in [5.74, 6) is -3.77. The number of carbonyl (C=O) groups is 1. The molecule has 1 fully saturated rings. The Bertz CT molecular complexity index is 2070. The predicted molar refractivity (Wildman–Crippen MR) is 168 cm³/mol. The standard InChI is InChI=1S/C31H30F3N7O5S/c1-18-12-28(46-30-21(32)4-3-5-22(30)33)36-17-27(18)41-31(35)20(16-37-41)29(42)25-14-19-13-23(34)26(15-24(19)38-25)40(47(2,43)44)7-6-39-8-10-45-11-9-39/h3-5,12-17,38H,6-11,35H2,1-2H3. The van der Waals surface area contributed by atoms with Gasteiger partial charge < -0.3 is 20.2 Å². The molecule has 1 saturated heterocycles. The Morgan fingerprint density at radius 3 is 2.49 bits per heavy atom. The molecule has 0 aliphatic carbocycles. The van der Waals surface area contributed by atoms with Gasteiger partial charge in [-0.1, -0.05) is 6.07 Å². The number of anilines is 2. The van der Waals surface area contributed by atoms with Gasteiger partial charge in [-0.15, -0.1) is 0 Å². The van der Waals surface area contributed by atoms with Gasteiger partial charge in [-0.05, 0) is 42.8 Å². The Kier molecular flexibility index (Phi) is 8.65. The minimum Gasteiger partial charge on any atom is -0.433 e. The number of ketones is 1. The first kappa shape index (κ1) is 32.0. The third kappa shape index (κ3) is 6.52. The fourth-order valence-electron chi connectivity index (χ4n) is 5.33. The van der Waals surface area contributed by atoms with Crippen LogP contribution in [0.25, 0.3) is 16.6 Å². The lowest BCUT2D eigenvalue weighted by molar-refractivity contribution is 0.0395. The molecule has 0 saturated carbocycles. The van der Waals surface area contributed by atoms with Gasteiger partial charge in [0.05, 0.1) is 54.5 Å². The fraction of sp³-hybridized carbons (Fsp3) is 0.258. The highest BCUT2D eigenvalue weighted by molar-refractivity contribution is 7.92. The highest BCUT2D eigenvalue weighted by Gasteiger charge is 2.25. The number of nitrogens with zero attached hydrogens (tertiary/aromatic N) is 5. The molecule has 2 aromatic carbocycles. The molecule has 246 valence electrons. The van der Waals surface area contributed by atoms with Crippen LogP contribution in [0.4, 0.5) is 24.7 Å². The number of halogens is 3. The number of carbonyl (C=O) groups excluding carboxylic acids is 1. The van der Waals surface area contributed by atoms with Crippen molar-refractivity contribution in [2.24, 2.45) is 0 Å². The number of hydrogen-bond acceptors (Lipinski definition) is 9. The summed E-state index contributed by atoms with van der Waals surface area (Å²) in [5.41, 5.74) is 7.55. The second-order valence-electron chi connectivity index (χ2n) is 11.0. The number of ether oxygens (including phenoxy) is 2. The van der Waals surface area contributed by atoms with Gasteiger partial charge in [0.15, 0.2) is 11.6 Å². The van der Waals surface area contributed by atoms with Gasteiger partial charge in [-0.3, -0.25) is 14.0 Å². The van der Waals surface area contributed by atoms with Crippen LogP contribution < -0.4 is 14.8 Å². The number of rotatable bonds is 10.